The highest BCUT2D eigenvalue weighted by Crippen LogP contribution is 2.29. The highest BCUT2D eigenvalue weighted by atomic mass is 35.5. The van der Waals surface area contributed by atoms with E-state index in [-0.39, 0.29) is 22.8 Å². The van der Waals surface area contributed by atoms with Gasteiger partial charge in [-0.05, 0) is 37.0 Å². The predicted octanol–water partition coefficient (Wildman–Crippen LogP) is 3.11. The van der Waals surface area contributed by atoms with Crippen LogP contribution in [0, 0.1) is 11.7 Å². The van der Waals surface area contributed by atoms with Gasteiger partial charge in [-0.3, -0.25) is 9.59 Å². The number of benzene rings is 1. The fraction of sp³-hybridized carbons (Fsp3) is 0.467. The first kappa shape index (κ1) is 15.8. The first-order chi connectivity index (χ1) is 9.97. The number of nitrogens with one attached hydrogen (secondary N) is 2. The molecule has 1 saturated carbocycles. The molecule has 0 radical (unpaired) electrons. The quantitative estimate of drug-likeness (QED) is 0.897. The summed E-state index contributed by atoms with van der Waals surface area (Å²) in [5.74, 6) is -0.891. The van der Waals surface area contributed by atoms with Crippen molar-refractivity contribution in [1.82, 2.24) is 5.32 Å². The standard InChI is InChI=1S/C15H18ClFN2O2/c1-9(20)18-14(10-4-2-3-5-10)15(21)19-13-7-6-11(17)8-12(13)16/h6-8,10,14H,2-5H2,1H3,(H,18,20)(H,19,21). The molecule has 6 heteroatoms. The Balaban J connectivity index is 2.11. The lowest BCUT2D eigenvalue weighted by molar-refractivity contribution is -0.126. The number of amides is 2. The van der Waals surface area contributed by atoms with E-state index >= 15 is 0 Å². The minimum atomic E-state index is -0.578. The third-order valence-electron chi connectivity index (χ3n) is 3.70. The molecule has 1 aromatic rings. The molecule has 0 bridgehead atoms. The normalized spacial score (nSPS) is 16.5. The average molecular weight is 313 g/mol. The predicted molar refractivity (Wildman–Crippen MR) is 79.6 cm³/mol. The molecule has 1 fully saturated rings. The van der Waals surface area contributed by atoms with Crippen LogP contribution in [0.4, 0.5) is 10.1 Å². The lowest BCUT2D eigenvalue weighted by Gasteiger charge is -2.23. The van der Waals surface area contributed by atoms with E-state index in [1.165, 1.54) is 19.1 Å². The third-order valence-corrected chi connectivity index (χ3v) is 4.01. The van der Waals surface area contributed by atoms with Gasteiger partial charge in [-0.1, -0.05) is 24.4 Å². The summed E-state index contributed by atoms with van der Waals surface area (Å²) in [7, 11) is 0. The maximum Gasteiger partial charge on any atom is 0.247 e. The molecule has 1 aliphatic rings. The molecule has 0 aliphatic heterocycles. The van der Waals surface area contributed by atoms with E-state index in [1.54, 1.807) is 0 Å². The van der Waals surface area contributed by atoms with Gasteiger partial charge in [-0.15, -0.1) is 0 Å². The van der Waals surface area contributed by atoms with E-state index in [0.29, 0.717) is 5.69 Å². The van der Waals surface area contributed by atoms with Crippen molar-refractivity contribution in [3.63, 3.8) is 0 Å². The molecule has 0 spiro atoms. The molecular formula is C15H18ClFN2O2. The van der Waals surface area contributed by atoms with Crippen molar-refractivity contribution in [1.29, 1.82) is 0 Å². The Labute approximate surface area is 128 Å². The Morgan fingerprint density at radius 3 is 2.57 bits per heavy atom. The van der Waals surface area contributed by atoms with Crippen LogP contribution in [-0.4, -0.2) is 17.9 Å². The van der Waals surface area contributed by atoms with E-state index in [9.17, 15) is 14.0 Å². The van der Waals surface area contributed by atoms with Gasteiger partial charge in [0.15, 0.2) is 0 Å². The lowest BCUT2D eigenvalue weighted by Crippen LogP contribution is -2.47. The Morgan fingerprint density at radius 2 is 2.00 bits per heavy atom. The molecule has 21 heavy (non-hydrogen) atoms. The molecule has 0 heterocycles. The van der Waals surface area contributed by atoms with Crippen molar-refractivity contribution in [2.75, 3.05) is 5.32 Å². The van der Waals surface area contributed by atoms with Crippen molar-refractivity contribution < 1.29 is 14.0 Å². The number of hydrogen-bond acceptors (Lipinski definition) is 2. The molecule has 1 unspecified atom stereocenters. The van der Waals surface area contributed by atoms with Gasteiger partial charge in [0.05, 0.1) is 10.7 Å². The molecule has 1 atom stereocenters. The van der Waals surface area contributed by atoms with E-state index < -0.39 is 11.9 Å². The summed E-state index contributed by atoms with van der Waals surface area (Å²) in [6, 6.07) is 3.20. The number of anilines is 1. The largest absolute Gasteiger partial charge is 0.344 e. The SMILES string of the molecule is CC(=O)NC(C(=O)Nc1ccc(F)cc1Cl)C1CCCC1. The summed E-state index contributed by atoms with van der Waals surface area (Å²) in [6.07, 6.45) is 3.95. The monoisotopic (exact) mass is 312 g/mol. The minimum Gasteiger partial charge on any atom is -0.344 e. The van der Waals surface area contributed by atoms with Crippen LogP contribution < -0.4 is 10.6 Å². The van der Waals surface area contributed by atoms with Crippen molar-refractivity contribution in [3.05, 3.63) is 29.0 Å². The number of rotatable bonds is 4. The summed E-state index contributed by atoms with van der Waals surface area (Å²) in [6.45, 7) is 1.39. The Morgan fingerprint density at radius 1 is 1.33 bits per heavy atom. The van der Waals surface area contributed by atoms with Gasteiger partial charge in [0.2, 0.25) is 11.8 Å². The highest BCUT2D eigenvalue weighted by Gasteiger charge is 2.31. The van der Waals surface area contributed by atoms with Crippen LogP contribution in [0.15, 0.2) is 18.2 Å². The van der Waals surface area contributed by atoms with Gasteiger partial charge in [0.25, 0.3) is 0 Å². The summed E-state index contributed by atoms with van der Waals surface area (Å²) in [5.41, 5.74) is 0.344. The molecule has 2 amide bonds. The van der Waals surface area contributed by atoms with Crippen molar-refractivity contribution >= 4 is 29.1 Å². The van der Waals surface area contributed by atoms with Crippen LogP contribution in [0.5, 0.6) is 0 Å². The van der Waals surface area contributed by atoms with E-state index in [4.69, 9.17) is 11.6 Å². The Kier molecular flexibility index (Phi) is 5.17. The van der Waals surface area contributed by atoms with Gasteiger partial charge < -0.3 is 10.6 Å². The number of carbonyl (C=O) groups is 2. The molecule has 4 nitrogen and oxygen atoms in total. The highest BCUT2D eigenvalue weighted by molar-refractivity contribution is 6.33. The van der Waals surface area contributed by atoms with E-state index in [1.807, 2.05) is 0 Å². The van der Waals surface area contributed by atoms with E-state index in [2.05, 4.69) is 10.6 Å². The van der Waals surface area contributed by atoms with Gasteiger partial charge in [-0.2, -0.15) is 0 Å². The van der Waals surface area contributed by atoms with Gasteiger partial charge in [0, 0.05) is 6.92 Å². The van der Waals surface area contributed by atoms with Crippen LogP contribution in [0.25, 0.3) is 0 Å². The molecule has 1 aliphatic carbocycles. The minimum absolute atomic E-state index is 0.133. The summed E-state index contributed by atoms with van der Waals surface area (Å²) in [4.78, 5) is 23.7. The summed E-state index contributed by atoms with van der Waals surface area (Å²) in [5, 5.41) is 5.51. The van der Waals surface area contributed by atoms with Crippen molar-refractivity contribution in [2.45, 2.75) is 38.6 Å². The number of carbonyl (C=O) groups excluding carboxylic acids is 2. The zero-order valence-corrected chi connectivity index (χ0v) is 12.5. The molecule has 2 N–H and O–H groups in total. The van der Waals surface area contributed by atoms with Crippen molar-refractivity contribution in [2.24, 2.45) is 5.92 Å². The van der Waals surface area contributed by atoms with E-state index in [0.717, 1.165) is 31.7 Å². The van der Waals surface area contributed by atoms with Crippen LogP contribution in [0.2, 0.25) is 5.02 Å². The fourth-order valence-electron chi connectivity index (χ4n) is 2.71. The fourth-order valence-corrected chi connectivity index (χ4v) is 2.92. The molecular weight excluding hydrogens is 295 g/mol. The van der Waals surface area contributed by atoms with Gasteiger partial charge in [-0.25, -0.2) is 4.39 Å². The topological polar surface area (TPSA) is 58.2 Å². The van der Waals surface area contributed by atoms with Crippen molar-refractivity contribution in [3.8, 4) is 0 Å². The number of halogens is 2. The molecule has 114 valence electrons. The van der Waals surface area contributed by atoms with Crippen LogP contribution in [0.1, 0.15) is 32.6 Å². The Bertz CT molecular complexity index is 544. The zero-order chi connectivity index (χ0) is 15.4. The second kappa shape index (κ2) is 6.89. The first-order valence-electron chi connectivity index (χ1n) is 7.00. The smallest absolute Gasteiger partial charge is 0.247 e. The van der Waals surface area contributed by atoms with Crippen LogP contribution >= 0.6 is 11.6 Å². The van der Waals surface area contributed by atoms with Crippen LogP contribution in [0.3, 0.4) is 0 Å². The molecule has 0 saturated heterocycles. The molecule has 2 rings (SSSR count). The average Bonchev–Trinajstić information content (AvgIpc) is 2.92. The van der Waals surface area contributed by atoms with Gasteiger partial charge >= 0.3 is 0 Å². The Hall–Kier alpha value is -1.62. The van der Waals surface area contributed by atoms with Crippen LogP contribution in [-0.2, 0) is 9.59 Å². The maximum absolute atomic E-state index is 13.0. The summed E-state index contributed by atoms with van der Waals surface area (Å²) >= 11 is 5.90. The lowest BCUT2D eigenvalue weighted by atomic mass is 9.97. The summed E-state index contributed by atoms with van der Waals surface area (Å²) < 4.78 is 13.0. The first-order valence-corrected chi connectivity index (χ1v) is 7.38. The third kappa shape index (κ3) is 4.17. The maximum atomic E-state index is 13.0. The van der Waals surface area contributed by atoms with Gasteiger partial charge in [0.1, 0.15) is 11.9 Å². The number of hydrogen-bond donors (Lipinski definition) is 2. The molecule has 1 aromatic carbocycles. The second-order valence-electron chi connectivity index (χ2n) is 5.34. The molecule has 0 aromatic heterocycles. The second-order valence-corrected chi connectivity index (χ2v) is 5.74. The zero-order valence-electron chi connectivity index (χ0n) is 11.8.